The quantitative estimate of drug-likeness (QED) is 0.736. The Kier molecular flexibility index (Phi) is 5.54. The molecule has 0 bridgehead atoms. The summed E-state index contributed by atoms with van der Waals surface area (Å²) in [6, 6.07) is 0. The smallest absolute Gasteiger partial charge is 0.0753 e. The van der Waals surface area contributed by atoms with Crippen molar-refractivity contribution in [3.63, 3.8) is 0 Å². The molecule has 0 aliphatic heterocycles. The molecular formula is C12H23NOS. The van der Waals surface area contributed by atoms with Crippen LogP contribution in [0.4, 0.5) is 0 Å². The van der Waals surface area contributed by atoms with Crippen molar-refractivity contribution in [3.05, 3.63) is 0 Å². The van der Waals surface area contributed by atoms with Crippen LogP contribution in [0, 0.1) is 5.92 Å². The van der Waals surface area contributed by atoms with Crippen LogP contribution in [0.25, 0.3) is 0 Å². The van der Waals surface area contributed by atoms with Crippen molar-refractivity contribution < 1.29 is 4.74 Å². The molecule has 0 heterocycles. The summed E-state index contributed by atoms with van der Waals surface area (Å²) < 4.78 is 6.05. The second-order valence-electron chi connectivity index (χ2n) is 4.73. The molecule has 0 aromatic carbocycles. The van der Waals surface area contributed by atoms with Crippen molar-refractivity contribution in [3.8, 4) is 0 Å². The molecule has 3 heteroatoms. The monoisotopic (exact) mass is 229 g/mol. The van der Waals surface area contributed by atoms with Crippen molar-refractivity contribution in [2.75, 3.05) is 0 Å². The van der Waals surface area contributed by atoms with Gasteiger partial charge in [0, 0.05) is 6.42 Å². The first-order valence-electron chi connectivity index (χ1n) is 6.05. The largest absolute Gasteiger partial charge is 0.393 e. The third kappa shape index (κ3) is 4.94. The van der Waals surface area contributed by atoms with Gasteiger partial charge in [-0.05, 0) is 25.2 Å². The number of nitrogens with two attached hydrogens (primary N) is 1. The molecule has 0 spiro atoms. The highest BCUT2D eigenvalue weighted by Gasteiger charge is 2.22. The molecule has 3 atom stereocenters. The molecule has 15 heavy (non-hydrogen) atoms. The summed E-state index contributed by atoms with van der Waals surface area (Å²) >= 11 is 4.93. The third-order valence-corrected chi connectivity index (χ3v) is 3.32. The van der Waals surface area contributed by atoms with E-state index in [0.717, 1.165) is 18.8 Å². The zero-order valence-electron chi connectivity index (χ0n) is 9.87. The Morgan fingerprint density at radius 1 is 1.53 bits per heavy atom. The molecule has 1 aliphatic rings. The summed E-state index contributed by atoms with van der Waals surface area (Å²) in [5.41, 5.74) is 5.55. The summed E-state index contributed by atoms with van der Waals surface area (Å²) in [4.78, 5) is 0.575. The lowest BCUT2D eigenvalue weighted by Crippen LogP contribution is -2.29. The van der Waals surface area contributed by atoms with Crippen molar-refractivity contribution >= 4 is 17.2 Å². The molecule has 2 nitrogen and oxygen atoms in total. The van der Waals surface area contributed by atoms with Gasteiger partial charge in [0.05, 0.1) is 17.2 Å². The molecule has 1 rings (SSSR count). The maximum Gasteiger partial charge on any atom is 0.0753 e. The molecule has 2 N–H and O–H groups in total. The topological polar surface area (TPSA) is 35.2 Å². The number of hydrogen-bond acceptors (Lipinski definition) is 2. The highest BCUT2D eigenvalue weighted by atomic mass is 32.1. The van der Waals surface area contributed by atoms with Gasteiger partial charge in [-0.15, -0.1) is 0 Å². The zero-order chi connectivity index (χ0) is 11.3. The lowest BCUT2D eigenvalue weighted by molar-refractivity contribution is -0.0364. The molecular weight excluding hydrogens is 206 g/mol. The summed E-state index contributed by atoms with van der Waals surface area (Å²) in [6.07, 6.45) is 7.47. The highest BCUT2D eigenvalue weighted by Crippen LogP contribution is 2.27. The van der Waals surface area contributed by atoms with E-state index in [1.807, 2.05) is 0 Å². The summed E-state index contributed by atoms with van der Waals surface area (Å²) in [7, 11) is 0. The van der Waals surface area contributed by atoms with Crippen LogP contribution in [0.3, 0.4) is 0 Å². The molecule has 0 radical (unpaired) electrons. The Labute approximate surface area is 98.6 Å². The van der Waals surface area contributed by atoms with Gasteiger partial charge in [0.1, 0.15) is 0 Å². The maximum atomic E-state index is 6.05. The van der Waals surface area contributed by atoms with E-state index in [1.54, 1.807) is 0 Å². The molecule has 0 aromatic heterocycles. The van der Waals surface area contributed by atoms with E-state index >= 15 is 0 Å². The fraction of sp³-hybridized carbons (Fsp3) is 0.917. The van der Waals surface area contributed by atoms with E-state index < -0.39 is 0 Å². The van der Waals surface area contributed by atoms with Crippen LogP contribution < -0.4 is 5.73 Å². The fourth-order valence-corrected chi connectivity index (χ4v) is 2.47. The minimum Gasteiger partial charge on any atom is -0.393 e. The van der Waals surface area contributed by atoms with Gasteiger partial charge in [-0.2, -0.15) is 0 Å². The van der Waals surface area contributed by atoms with Gasteiger partial charge in [-0.25, -0.2) is 0 Å². The van der Waals surface area contributed by atoms with E-state index in [1.165, 1.54) is 25.7 Å². The molecule has 1 aliphatic carbocycles. The van der Waals surface area contributed by atoms with E-state index in [-0.39, 0.29) is 6.10 Å². The molecule has 3 unspecified atom stereocenters. The predicted octanol–water partition coefficient (Wildman–Crippen LogP) is 3.04. The van der Waals surface area contributed by atoms with E-state index in [4.69, 9.17) is 22.7 Å². The van der Waals surface area contributed by atoms with Crippen molar-refractivity contribution in [2.45, 2.75) is 64.6 Å². The summed E-state index contributed by atoms with van der Waals surface area (Å²) in [5.74, 6) is 0.811. The van der Waals surface area contributed by atoms with E-state index in [9.17, 15) is 0 Å². The molecule has 1 saturated carbocycles. The number of hydrogen-bond donors (Lipinski definition) is 1. The number of ether oxygens (including phenoxy) is 1. The average molecular weight is 229 g/mol. The first-order valence-corrected chi connectivity index (χ1v) is 6.46. The van der Waals surface area contributed by atoms with Gasteiger partial charge in [0.25, 0.3) is 0 Å². The van der Waals surface area contributed by atoms with Crippen LogP contribution in [-0.4, -0.2) is 17.2 Å². The molecule has 88 valence electrons. The zero-order valence-corrected chi connectivity index (χ0v) is 10.7. The van der Waals surface area contributed by atoms with Gasteiger partial charge in [0.15, 0.2) is 0 Å². The van der Waals surface area contributed by atoms with Crippen LogP contribution in [0.2, 0.25) is 0 Å². The van der Waals surface area contributed by atoms with Gasteiger partial charge in [0.2, 0.25) is 0 Å². The molecule has 1 fully saturated rings. The second-order valence-corrected chi connectivity index (χ2v) is 5.25. The Morgan fingerprint density at radius 2 is 2.27 bits per heavy atom. The van der Waals surface area contributed by atoms with Crippen LogP contribution in [-0.2, 0) is 4.74 Å². The van der Waals surface area contributed by atoms with Gasteiger partial charge >= 0.3 is 0 Å². The SMILES string of the molecule is CCC(CC(N)=S)OC1CCCC(C)C1. The minimum absolute atomic E-state index is 0.234. The Bertz CT molecular complexity index is 208. The number of thiocarbonyl (C=S) groups is 1. The molecule has 0 amide bonds. The molecule has 0 saturated heterocycles. The maximum absolute atomic E-state index is 6.05. The summed E-state index contributed by atoms with van der Waals surface area (Å²) in [5, 5.41) is 0. The van der Waals surface area contributed by atoms with Crippen LogP contribution in [0.15, 0.2) is 0 Å². The second kappa shape index (κ2) is 6.44. The van der Waals surface area contributed by atoms with Crippen molar-refractivity contribution in [1.29, 1.82) is 0 Å². The van der Waals surface area contributed by atoms with Gasteiger partial charge < -0.3 is 10.5 Å². The average Bonchev–Trinajstić information content (AvgIpc) is 2.16. The van der Waals surface area contributed by atoms with E-state index in [2.05, 4.69) is 13.8 Å². The van der Waals surface area contributed by atoms with E-state index in [0.29, 0.717) is 11.1 Å². The van der Waals surface area contributed by atoms with Crippen LogP contribution in [0.1, 0.15) is 52.4 Å². The van der Waals surface area contributed by atoms with Crippen LogP contribution >= 0.6 is 12.2 Å². The predicted molar refractivity (Wildman–Crippen MR) is 68.0 cm³/mol. The lowest BCUT2D eigenvalue weighted by atomic mass is 9.88. The van der Waals surface area contributed by atoms with Gasteiger partial charge in [-0.1, -0.05) is 38.9 Å². The minimum atomic E-state index is 0.234. The Hall–Kier alpha value is -0.150. The highest BCUT2D eigenvalue weighted by molar-refractivity contribution is 7.80. The number of rotatable bonds is 5. The standard InChI is InChI=1S/C12H23NOS/c1-3-10(8-12(13)15)14-11-6-4-5-9(2)7-11/h9-11H,3-8H2,1-2H3,(H2,13,15). The first kappa shape index (κ1) is 12.9. The lowest BCUT2D eigenvalue weighted by Gasteiger charge is -2.30. The Balaban J connectivity index is 2.33. The summed E-state index contributed by atoms with van der Waals surface area (Å²) in [6.45, 7) is 4.44. The molecule has 0 aromatic rings. The first-order chi connectivity index (χ1) is 7.11. The van der Waals surface area contributed by atoms with Crippen LogP contribution in [0.5, 0.6) is 0 Å². The van der Waals surface area contributed by atoms with Crippen molar-refractivity contribution in [2.24, 2.45) is 11.7 Å². The van der Waals surface area contributed by atoms with Gasteiger partial charge in [-0.3, -0.25) is 0 Å². The van der Waals surface area contributed by atoms with Crippen molar-refractivity contribution in [1.82, 2.24) is 0 Å². The Morgan fingerprint density at radius 3 is 2.80 bits per heavy atom. The normalized spacial score (nSPS) is 28.7. The third-order valence-electron chi connectivity index (χ3n) is 3.16. The fourth-order valence-electron chi connectivity index (χ4n) is 2.29.